The van der Waals surface area contributed by atoms with Gasteiger partial charge in [-0.3, -0.25) is 9.59 Å². The van der Waals surface area contributed by atoms with Gasteiger partial charge in [-0.2, -0.15) is 0 Å². The van der Waals surface area contributed by atoms with Crippen LogP contribution < -0.4 is 0 Å². The molecule has 0 aliphatic carbocycles. The summed E-state index contributed by atoms with van der Waals surface area (Å²) in [6, 6.07) is 0. The number of esters is 2. The molecule has 4 nitrogen and oxygen atoms in total. The summed E-state index contributed by atoms with van der Waals surface area (Å²) in [5, 5.41) is 0. The predicted molar refractivity (Wildman–Crippen MR) is 65.2 cm³/mol. The lowest BCUT2D eigenvalue weighted by Gasteiger charge is -2.25. The van der Waals surface area contributed by atoms with E-state index >= 15 is 0 Å². The molecule has 1 atom stereocenters. The lowest BCUT2D eigenvalue weighted by molar-refractivity contribution is -0.151. The molecule has 0 amide bonds. The molecule has 0 aliphatic rings. The summed E-state index contributed by atoms with van der Waals surface area (Å²) in [5.41, 5.74) is -0.698. The van der Waals surface area contributed by atoms with Crippen molar-refractivity contribution in [3.8, 4) is 0 Å². The lowest BCUT2D eigenvalue weighted by atomic mass is 9.98. The number of hydrogen-bond donors (Lipinski definition) is 0. The van der Waals surface area contributed by atoms with Crippen molar-refractivity contribution in [1.29, 1.82) is 0 Å². The molecule has 98 valence electrons. The molecule has 0 heterocycles. The molecule has 0 saturated carbocycles. The molecule has 0 saturated heterocycles. The fourth-order valence-electron chi connectivity index (χ4n) is 1.50. The van der Waals surface area contributed by atoms with E-state index in [0.717, 1.165) is 25.7 Å². The Hall–Kier alpha value is -1.32. The van der Waals surface area contributed by atoms with Gasteiger partial charge in [0.2, 0.25) is 0 Å². The van der Waals surface area contributed by atoms with Crippen LogP contribution >= 0.6 is 0 Å². The normalized spacial score (nSPS) is 14.4. The third-order valence-electron chi connectivity index (χ3n) is 2.31. The average Bonchev–Trinajstić information content (AvgIpc) is 2.16. The highest BCUT2D eigenvalue weighted by atomic mass is 16.6. The van der Waals surface area contributed by atoms with Gasteiger partial charge in [-0.25, -0.2) is 0 Å². The zero-order valence-corrected chi connectivity index (χ0v) is 11.1. The fraction of sp³-hybridized carbons (Fsp3) is 0.692. The molecule has 4 heteroatoms. The summed E-state index contributed by atoms with van der Waals surface area (Å²) in [5.74, 6) is -0.726. The molecule has 0 aromatic rings. The Morgan fingerprint density at radius 3 is 2.29 bits per heavy atom. The number of rotatable bonds is 7. The van der Waals surface area contributed by atoms with Crippen molar-refractivity contribution in [2.24, 2.45) is 0 Å². The first-order chi connectivity index (χ1) is 7.89. The van der Waals surface area contributed by atoms with Gasteiger partial charge in [-0.05, 0) is 25.8 Å². The summed E-state index contributed by atoms with van der Waals surface area (Å²) in [4.78, 5) is 21.7. The second kappa shape index (κ2) is 7.87. The van der Waals surface area contributed by atoms with Gasteiger partial charge < -0.3 is 9.47 Å². The highest BCUT2D eigenvalue weighted by Gasteiger charge is 2.24. The summed E-state index contributed by atoms with van der Waals surface area (Å²) in [6.07, 6.45) is 6.77. The summed E-state index contributed by atoms with van der Waals surface area (Å²) >= 11 is 0. The minimum Gasteiger partial charge on any atom is -0.455 e. The van der Waals surface area contributed by atoms with Gasteiger partial charge in [0.15, 0.2) is 0 Å². The molecular weight excluding hydrogens is 220 g/mol. The van der Waals surface area contributed by atoms with E-state index in [1.54, 1.807) is 6.08 Å². The van der Waals surface area contributed by atoms with E-state index in [9.17, 15) is 9.59 Å². The highest BCUT2D eigenvalue weighted by Crippen LogP contribution is 2.21. The Balaban J connectivity index is 4.42. The Bertz CT molecular complexity index is 283. The zero-order chi connectivity index (χ0) is 13.3. The molecule has 0 aromatic carbocycles. The molecule has 0 radical (unpaired) electrons. The van der Waals surface area contributed by atoms with Crippen LogP contribution in [0.2, 0.25) is 0 Å². The molecule has 0 bridgehead atoms. The molecule has 0 aromatic heterocycles. The van der Waals surface area contributed by atoms with E-state index in [4.69, 9.17) is 9.47 Å². The number of carbonyl (C=O) groups excluding carboxylic acids is 2. The van der Waals surface area contributed by atoms with Gasteiger partial charge in [0.25, 0.3) is 0 Å². The molecule has 1 unspecified atom stereocenters. The maximum absolute atomic E-state index is 11.0. The van der Waals surface area contributed by atoms with Crippen LogP contribution in [-0.4, -0.2) is 17.5 Å². The van der Waals surface area contributed by atoms with E-state index in [1.807, 2.05) is 6.92 Å². The smallest absolute Gasteiger partial charge is 0.307 e. The van der Waals surface area contributed by atoms with E-state index in [1.165, 1.54) is 20.1 Å². The van der Waals surface area contributed by atoms with E-state index in [-0.39, 0.29) is 11.9 Å². The molecule has 0 aliphatic heterocycles. The molecule has 17 heavy (non-hydrogen) atoms. The standard InChI is InChI=1S/C13H22O4/c1-5-6-7-8-13(4,17-12(3)15)9-10-16-11(2)14/h9-10H,5-8H2,1-4H3/b10-9+. The molecular formula is C13H22O4. The average molecular weight is 242 g/mol. The quantitative estimate of drug-likeness (QED) is 0.391. The van der Waals surface area contributed by atoms with E-state index in [2.05, 4.69) is 6.92 Å². The van der Waals surface area contributed by atoms with Gasteiger partial charge in [-0.1, -0.05) is 19.8 Å². The number of ether oxygens (including phenoxy) is 2. The van der Waals surface area contributed by atoms with Gasteiger partial charge in [0, 0.05) is 13.8 Å². The first-order valence-corrected chi connectivity index (χ1v) is 5.94. The fourth-order valence-corrected chi connectivity index (χ4v) is 1.50. The van der Waals surface area contributed by atoms with Gasteiger partial charge >= 0.3 is 11.9 Å². The maximum Gasteiger partial charge on any atom is 0.307 e. The third-order valence-corrected chi connectivity index (χ3v) is 2.31. The Morgan fingerprint density at radius 1 is 1.18 bits per heavy atom. The van der Waals surface area contributed by atoms with Crippen molar-refractivity contribution in [3.05, 3.63) is 12.3 Å². The Labute approximate surface area is 103 Å². The van der Waals surface area contributed by atoms with Crippen LogP contribution in [0.15, 0.2) is 12.3 Å². The van der Waals surface area contributed by atoms with Crippen LogP contribution in [0.5, 0.6) is 0 Å². The van der Waals surface area contributed by atoms with Gasteiger partial charge in [0.05, 0.1) is 6.26 Å². The minimum atomic E-state index is -0.698. The largest absolute Gasteiger partial charge is 0.455 e. The van der Waals surface area contributed by atoms with Crippen molar-refractivity contribution in [2.75, 3.05) is 0 Å². The summed E-state index contributed by atoms with van der Waals surface area (Å²) in [7, 11) is 0. The summed E-state index contributed by atoms with van der Waals surface area (Å²) < 4.78 is 9.96. The van der Waals surface area contributed by atoms with Crippen molar-refractivity contribution in [3.63, 3.8) is 0 Å². The maximum atomic E-state index is 11.0. The number of hydrogen-bond acceptors (Lipinski definition) is 4. The van der Waals surface area contributed by atoms with Crippen LogP contribution in [0.3, 0.4) is 0 Å². The number of carbonyl (C=O) groups is 2. The van der Waals surface area contributed by atoms with Crippen LogP contribution in [0.4, 0.5) is 0 Å². The van der Waals surface area contributed by atoms with Crippen LogP contribution in [0.25, 0.3) is 0 Å². The second-order valence-electron chi connectivity index (χ2n) is 4.28. The van der Waals surface area contributed by atoms with Crippen molar-refractivity contribution in [2.45, 2.75) is 59.0 Å². The second-order valence-corrected chi connectivity index (χ2v) is 4.28. The minimum absolute atomic E-state index is 0.337. The van der Waals surface area contributed by atoms with E-state index < -0.39 is 5.60 Å². The zero-order valence-electron chi connectivity index (χ0n) is 11.1. The first kappa shape index (κ1) is 15.7. The number of unbranched alkanes of at least 4 members (excludes halogenated alkanes) is 2. The van der Waals surface area contributed by atoms with Gasteiger partial charge in [0.1, 0.15) is 5.60 Å². The van der Waals surface area contributed by atoms with Gasteiger partial charge in [-0.15, -0.1) is 0 Å². The molecule has 0 rings (SSSR count). The predicted octanol–water partition coefficient (Wildman–Crippen LogP) is 2.97. The van der Waals surface area contributed by atoms with E-state index in [0.29, 0.717) is 0 Å². The molecule has 0 N–H and O–H groups in total. The van der Waals surface area contributed by atoms with Crippen LogP contribution in [0.1, 0.15) is 53.4 Å². The Kier molecular flexibility index (Phi) is 7.26. The van der Waals surface area contributed by atoms with Crippen LogP contribution in [-0.2, 0) is 19.1 Å². The van der Waals surface area contributed by atoms with Crippen molar-refractivity contribution >= 4 is 11.9 Å². The SMILES string of the molecule is CCCCCC(C)(/C=C/OC(C)=O)OC(C)=O. The third kappa shape index (κ3) is 8.48. The molecule has 0 fully saturated rings. The Morgan fingerprint density at radius 2 is 1.82 bits per heavy atom. The lowest BCUT2D eigenvalue weighted by Crippen LogP contribution is -2.28. The highest BCUT2D eigenvalue weighted by molar-refractivity contribution is 5.67. The molecule has 0 spiro atoms. The first-order valence-electron chi connectivity index (χ1n) is 5.94. The van der Waals surface area contributed by atoms with Crippen molar-refractivity contribution in [1.82, 2.24) is 0 Å². The topological polar surface area (TPSA) is 52.6 Å². The monoisotopic (exact) mass is 242 g/mol. The van der Waals surface area contributed by atoms with Crippen LogP contribution in [0, 0.1) is 0 Å². The summed E-state index contributed by atoms with van der Waals surface area (Å²) in [6.45, 7) is 6.62. The van der Waals surface area contributed by atoms with Crippen molar-refractivity contribution < 1.29 is 19.1 Å².